The van der Waals surface area contributed by atoms with Crippen molar-refractivity contribution >= 4 is 47.2 Å². The van der Waals surface area contributed by atoms with Gasteiger partial charge in [-0.1, -0.05) is 11.6 Å². The van der Waals surface area contributed by atoms with Gasteiger partial charge in [0.25, 0.3) is 11.8 Å². The van der Waals surface area contributed by atoms with Crippen LogP contribution in [-0.2, 0) is 22.8 Å². The fraction of sp³-hybridized carbons (Fsp3) is 0.382. The van der Waals surface area contributed by atoms with E-state index in [0.29, 0.717) is 36.2 Å². The van der Waals surface area contributed by atoms with E-state index < -0.39 is 36.3 Å². The van der Waals surface area contributed by atoms with Gasteiger partial charge < -0.3 is 44.9 Å². The van der Waals surface area contributed by atoms with Gasteiger partial charge >= 0.3 is 6.18 Å². The Labute approximate surface area is 312 Å². The molecule has 4 aromatic rings. The van der Waals surface area contributed by atoms with Crippen LogP contribution in [0, 0.1) is 5.92 Å². The number of quaternary nitrogens is 1. The van der Waals surface area contributed by atoms with Crippen LogP contribution in [0.25, 0.3) is 17.1 Å². The monoisotopic (exact) mass is 774 g/mol. The van der Waals surface area contributed by atoms with Crippen molar-refractivity contribution in [1.29, 1.82) is 0 Å². The summed E-state index contributed by atoms with van der Waals surface area (Å²) in [6.45, 7) is 2.03. The number of anilines is 2. The fourth-order valence-corrected chi connectivity index (χ4v) is 6.74. The molecule has 0 bridgehead atoms. The molecule has 16 nitrogen and oxygen atoms in total. The molecular formula is C34H38ClF3N10O6. The zero-order chi connectivity index (χ0) is 39.5. The van der Waals surface area contributed by atoms with Gasteiger partial charge in [0.1, 0.15) is 12.6 Å². The Kier molecular flexibility index (Phi) is 11.6. The van der Waals surface area contributed by atoms with Crippen molar-refractivity contribution in [1.82, 2.24) is 34.1 Å². The third-order valence-corrected chi connectivity index (χ3v) is 9.61. The fourth-order valence-electron chi connectivity index (χ4n) is 6.47. The van der Waals surface area contributed by atoms with Gasteiger partial charge in [-0.15, -0.1) is 0 Å². The maximum atomic E-state index is 14.0. The molecule has 20 heteroatoms. The normalized spacial score (nSPS) is 18.4. The smallest absolute Gasteiger partial charge is 0.435 e. The van der Waals surface area contributed by atoms with Gasteiger partial charge in [0.05, 0.1) is 66.5 Å². The van der Waals surface area contributed by atoms with Crippen molar-refractivity contribution in [2.24, 2.45) is 13.0 Å². The molecule has 2 saturated heterocycles. The molecule has 288 valence electrons. The maximum Gasteiger partial charge on any atom is 0.435 e. The number of carbonyl (C=O) groups excluding carboxylic acids is 4. The number of piperazine rings is 1. The van der Waals surface area contributed by atoms with Gasteiger partial charge in [0, 0.05) is 58.0 Å². The molecule has 0 unspecified atom stereocenters. The number of nitrogens with two attached hydrogens (primary N) is 1. The summed E-state index contributed by atoms with van der Waals surface area (Å²) in [6, 6.07) is 7.25. The number of piperidine rings is 1. The Morgan fingerprint density at radius 3 is 2.33 bits per heavy atom. The average molecular weight is 775 g/mol. The number of pyridine rings is 1. The van der Waals surface area contributed by atoms with Gasteiger partial charge in [-0.2, -0.15) is 18.3 Å². The first-order valence-corrected chi connectivity index (χ1v) is 17.0. The number of imidazole rings is 1. The number of hydrogen-bond acceptors (Lipinski definition) is 10. The molecule has 0 aliphatic carbocycles. The number of aromatic nitrogens is 5. The first-order valence-electron chi connectivity index (χ1n) is 16.6. The number of aliphatic hydroxyl groups is 1. The molecule has 2 atom stereocenters. The van der Waals surface area contributed by atoms with E-state index >= 15 is 0 Å². The van der Waals surface area contributed by atoms with E-state index in [-0.39, 0.29) is 64.1 Å². The summed E-state index contributed by atoms with van der Waals surface area (Å²) in [7, 11) is 5.45. The number of hydrogen-bond donors (Lipinski definition) is 3. The highest BCUT2D eigenvalue weighted by Gasteiger charge is 2.41. The van der Waals surface area contributed by atoms with Crippen LogP contribution < -0.4 is 16.2 Å². The van der Waals surface area contributed by atoms with Gasteiger partial charge in [0.2, 0.25) is 5.91 Å². The van der Waals surface area contributed by atoms with E-state index in [2.05, 4.69) is 20.4 Å². The summed E-state index contributed by atoms with van der Waals surface area (Å²) in [5.74, 6) is -1.71. The first-order chi connectivity index (χ1) is 25.4. The van der Waals surface area contributed by atoms with E-state index in [0.717, 1.165) is 23.6 Å². The van der Waals surface area contributed by atoms with Crippen molar-refractivity contribution in [2.75, 3.05) is 64.4 Å². The molecule has 6 rings (SSSR count). The van der Waals surface area contributed by atoms with E-state index in [9.17, 15) is 32.7 Å². The molecule has 2 aliphatic heterocycles. The summed E-state index contributed by atoms with van der Waals surface area (Å²) in [4.78, 5) is 59.4. The zero-order valence-electron chi connectivity index (χ0n) is 29.5. The minimum Gasteiger partial charge on any atom is -0.554 e. The number of halogens is 4. The lowest BCUT2D eigenvalue weighted by Gasteiger charge is -2.42. The summed E-state index contributed by atoms with van der Waals surface area (Å²) in [5.41, 5.74) is 4.87. The minimum atomic E-state index is -4.82. The van der Waals surface area contributed by atoms with E-state index in [4.69, 9.17) is 27.2 Å². The van der Waals surface area contributed by atoms with Crippen LogP contribution in [0.1, 0.15) is 33.1 Å². The van der Waals surface area contributed by atoms with Crippen LogP contribution in [0.5, 0.6) is 0 Å². The van der Waals surface area contributed by atoms with Gasteiger partial charge in [0.15, 0.2) is 17.3 Å². The van der Waals surface area contributed by atoms with Crippen molar-refractivity contribution in [2.45, 2.75) is 18.7 Å². The van der Waals surface area contributed by atoms with Crippen molar-refractivity contribution in [3.8, 4) is 17.1 Å². The Morgan fingerprint density at radius 1 is 1.07 bits per heavy atom. The standard InChI is InChI=1S/C33H36ClF3N10O4.CH2O2/c1-43-25(23-17-46(42-28(23)33(35,36)37)27-7-4-19(38)15-39-27)16-40-29(43)30(49)41-20-5-6-21(24(34)14-20)31(50)44-9-11-45(12-10-44)32(51)22-8-13-47(2,3)18-26(22)48;2-1-3/h4-7,14-17,22,26,48H,8-13,18,38H2,1-3H3;1H,(H,2,3)/t22-,26+;/m1./s1. The van der Waals surface area contributed by atoms with E-state index in [1.165, 1.54) is 48.1 Å². The van der Waals surface area contributed by atoms with Crippen LogP contribution in [-0.4, -0.2) is 127 Å². The number of nitrogens with zero attached hydrogens (tertiary/aromatic N) is 8. The number of aliphatic hydroxyl groups excluding tert-OH is 1. The number of carbonyl (C=O) groups is 4. The lowest BCUT2D eigenvalue weighted by Crippen LogP contribution is -2.58. The van der Waals surface area contributed by atoms with Crippen molar-refractivity contribution < 1.29 is 47.0 Å². The highest BCUT2D eigenvalue weighted by Crippen LogP contribution is 2.37. The lowest BCUT2D eigenvalue weighted by molar-refractivity contribution is -0.899. The predicted octanol–water partition coefficient (Wildman–Crippen LogP) is 1.28. The summed E-state index contributed by atoms with van der Waals surface area (Å²) >= 11 is 6.49. The number of nitrogens with one attached hydrogen (secondary N) is 1. The predicted molar refractivity (Wildman–Crippen MR) is 187 cm³/mol. The Hall–Kier alpha value is -5.53. The quantitative estimate of drug-likeness (QED) is 0.189. The maximum absolute atomic E-state index is 14.0. The molecule has 0 radical (unpaired) electrons. The number of carboxylic acid groups (broad SMARTS) is 1. The number of rotatable bonds is 6. The van der Waals surface area contributed by atoms with Crippen LogP contribution in [0.4, 0.5) is 24.5 Å². The molecule has 4 N–H and O–H groups in total. The SMILES string of the molecule is Cn1c(-c2cn(-c3ccc(N)cn3)nc2C(F)(F)F)cnc1C(=O)Nc1ccc(C(=O)N2CCN(C(=O)[C@@H]3CC[N+](C)(C)C[C@@H]3O)CC2)c(Cl)c1.O=C[O-]. The third kappa shape index (κ3) is 8.64. The summed E-state index contributed by atoms with van der Waals surface area (Å²) < 4.78 is 44.9. The highest BCUT2D eigenvalue weighted by molar-refractivity contribution is 6.34. The van der Waals surface area contributed by atoms with E-state index in [1.54, 1.807) is 9.80 Å². The van der Waals surface area contributed by atoms with E-state index in [1.807, 2.05) is 14.1 Å². The first kappa shape index (κ1) is 39.7. The Morgan fingerprint density at radius 2 is 1.74 bits per heavy atom. The molecule has 3 amide bonds. The second-order valence-corrected chi connectivity index (χ2v) is 13.9. The molecule has 0 spiro atoms. The molecule has 3 aromatic heterocycles. The molecular weight excluding hydrogens is 737 g/mol. The van der Waals surface area contributed by atoms with Crippen LogP contribution >= 0.6 is 11.6 Å². The van der Waals surface area contributed by atoms with Crippen molar-refractivity contribution in [3.05, 3.63) is 71.0 Å². The topological polar surface area (TPSA) is 205 Å². The highest BCUT2D eigenvalue weighted by atomic mass is 35.5. The Balaban J connectivity index is 0.00000181. The second-order valence-electron chi connectivity index (χ2n) is 13.5. The van der Waals surface area contributed by atoms with Gasteiger partial charge in [-0.25, -0.2) is 14.6 Å². The number of nitrogen functional groups attached to an aromatic ring is 1. The molecule has 1 aromatic carbocycles. The molecule has 5 heterocycles. The second kappa shape index (κ2) is 15.8. The molecule has 0 saturated carbocycles. The summed E-state index contributed by atoms with van der Waals surface area (Å²) in [5, 5.41) is 25.2. The minimum absolute atomic E-state index is 0.0203. The van der Waals surface area contributed by atoms with Crippen LogP contribution in [0.2, 0.25) is 5.02 Å². The van der Waals surface area contributed by atoms with Crippen LogP contribution in [0.15, 0.2) is 48.9 Å². The van der Waals surface area contributed by atoms with Gasteiger partial charge in [-0.05, 0) is 30.3 Å². The third-order valence-electron chi connectivity index (χ3n) is 9.30. The number of likely N-dealkylation sites (tertiary alicyclic amines) is 1. The molecule has 2 fully saturated rings. The summed E-state index contributed by atoms with van der Waals surface area (Å²) in [6.07, 6.45) is -1.36. The number of benzene rings is 1. The number of likely N-dealkylation sites (N-methyl/N-ethyl adjacent to an activating group) is 1. The largest absolute Gasteiger partial charge is 0.554 e. The molecule has 54 heavy (non-hydrogen) atoms. The average Bonchev–Trinajstić information content (AvgIpc) is 3.72. The van der Waals surface area contributed by atoms with Crippen LogP contribution in [0.3, 0.4) is 0 Å². The number of amides is 3. The zero-order valence-corrected chi connectivity index (χ0v) is 30.2. The van der Waals surface area contributed by atoms with Gasteiger partial charge in [-0.3, -0.25) is 14.4 Å². The van der Waals surface area contributed by atoms with Crippen molar-refractivity contribution in [3.63, 3.8) is 0 Å². The Bertz CT molecular complexity index is 2030. The lowest BCUT2D eigenvalue weighted by atomic mass is 9.91. The molecule has 2 aliphatic rings. The number of alkyl halides is 3.